The number of Topliss-reactive ketones (excluding diaryl/α,β-unsaturated/α-hetero) is 1. The molecule has 1 nitrogen and oxygen atoms in total. The Morgan fingerprint density at radius 1 is 1.45 bits per heavy atom. The number of carbonyl (C=O) groups is 1. The monoisotopic (exact) mass is 174 g/mol. The minimum Gasteiger partial charge on any atom is -0.300 e. The van der Waals surface area contributed by atoms with Gasteiger partial charge < -0.3 is 0 Å². The molecule has 0 spiro atoms. The third-order valence-corrected chi connectivity index (χ3v) is 2.56. The van der Waals surface area contributed by atoms with E-state index >= 15 is 0 Å². The van der Waals surface area contributed by atoms with Crippen molar-refractivity contribution in [3.8, 4) is 0 Å². The second kappa shape index (κ2) is 6.71. The van der Waals surface area contributed by atoms with Crippen LogP contribution in [0.5, 0.6) is 0 Å². The van der Waals surface area contributed by atoms with Crippen LogP contribution >= 0.6 is 11.8 Å². The van der Waals surface area contributed by atoms with E-state index in [1.54, 1.807) is 0 Å². The summed E-state index contributed by atoms with van der Waals surface area (Å²) in [5.41, 5.74) is 0. The van der Waals surface area contributed by atoms with Gasteiger partial charge in [0.2, 0.25) is 0 Å². The summed E-state index contributed by atoms with van der Waals surface area (Å²) in [6.45, 7) is 6.31. The first-order chi connectivity index (χ1) is 5.20. The molecule has 0 aromatic carbocycles. The molecule has 0 rings (SSSR count). The van der Waals surface area contributed by atoms with Gasteiger partial charge >= 0.3 is 0 Å². The molecule has 66 valence electrons. The molecule has 0 amide bonds. The SMILES string of the molecule is CCCC(=O)CC(C)SCC. The summed E-state index contributed by atoms with van der Waals surface area (Å²) >= 11 is 1.86. The number of carbonyl (C=O) groups excluding carboxylic acids is 1. The fourth-order valence-electron chi connectivity index (χ4n) is 1.04. The van der Waals surface area contributed by atoms with Gasteiger partial charge in [-0.3, -0.25) is 4.79 Å². The van der Waals surface area contributed by atoms with E-state index in [2.05, 4.69) is 20.8 Å². The van der Waals surface area contributed by atoms with Crippen LogP contribution in [0.3, 0.4) is 0 Å². The molecule has 0 fully saturated rings. The van der Waals surface area contributed by atoms with Crippen molar-refractivity contribution in [1.82, 2.24) is 0 Å². The van der Waals surface area contributed by atoms with E-state index in [1.807, 2.05) is 11.8 Å². The first-order valence-corrected chi connectivity index (χ1v) is 5.38. The maximum Gasteiger partial charge on any atom is 0.133 e. The van der Waals surface area contributed by atoms with E-state index < -0.39 is 0 Å². The second-order valence-electron chi connectivity index (χ2n) is 2.76. The Kier molecular flexibility index (Phi) is 6.73. The highest BCUT2D eigenvalue weighted by molar-refractivity contribution is 7.99. The van der Waals surface area contributed by atoms with Gasteiger partial charge in [-0.1, -0.05) is 20.8 Å². The smallest absolute Gasteiger partial charge is 0.133 e. The summed E-state index contributed by atoms with van der Waals surface area (Å²) in [5, 5.41) is 0.513. The molecular formula is C9H18OS. The first-order valence-electron chi connectivity index (χ1n) is 4.34. The maximum atomic E-state index is 11.1. The molecule has 0 saturated carbocycles. The fourth-order valence-corrected chi connectivity index (χ4v) is 1.92. The number of thioether (sulfide) groups is 1. The van der Waals surface area contributed by atoms with Gasteiger partial charge in [-0.15, -0.1) is 0 Å². The normalized spacial score (nSPS) is 13.0. The van der Waals surface area contributed by atoms with Crippen LogP contribution in [0.2, 0.25) is 0 Å². The van der Waals surface area contributed by atoms with Crippen LogP contribution < -0.4 is 0 Å². The highest BCUT2D eigenvalue weighted by atomic mass is 32.2. The number of ketones is 1. The third-order valence-electron chi connectivity index (χ3n) is 1.50. The van der Waals surface area contributed by atoms with Crippen molar-refractivity contribution < 1.29 is 4.79 Å². The average Bonchev–Trinajstić information content (AvgIpc) is 1.87. The molecule has 1 unspecified atom stereocenters. The van der Waals surface area contributed by atoms with Crippen LogP contribution in [0.4, 0.5) is 0 Å². The lowest BCUT2D eigenvalue weighted by Crippen LogP contribution is -2.06. The summed E-state index contributed by atoms with van der Waals surface area (Å²) in [7, 11) is 0. The molecule has 0 aromatic rings. The minimum atomic E-state index is 0.418. The topological polar surface area (TPSA) is 17.1 Å². The van der Waals surface area contributed by atoms with Gasteiger partial charge in [-0.05, 0) is 12.2 Å². The predicted molar refractivity (Wildman–Crippen MR) is 52.1 cm³/mol. The maximum absolute atomic E-state index is 11.1. The lowest BCUT2D eigenvalue weighted by molar-refractivity contribution is -0.119. The van der Waals surface area contributed by atoms with E-state index in [4.69, 9.17) is 0 Å². The zero-order valence-corrected chi connectivity index (χ0v) is 8.54. The van der Waals surface area contributed by atoms with Gasteiger partial charge in [0.15, 0.2) is 0 Å². The van der Waals surface area contributed by atoms with Gasteiger partial charge in [-0.25, -0.2) is 0 Å². The molecule has 0 aliphatic heterocycles. The molecule has 1 atom stereocenters. The fraction of sp³-hybridized carbons (Fsp3) is 0.889. The Morgan fingerprint density at radius 2 is 2.09 bits per heavy atom. The Hall–Kier alpha value is 0.0200. The lowest BCUT2D eigenvalue weighted by atomic mass is 10.1. The molecule has 0 heterocycles. The second-order valence-corrected chi connectivity index (χ2v) is 4.47. The lowest BCUT2D eigenvalue weighted by Gasteiger charge is -2.07. The molecule has 0 aromatic heterocycles. The quantitative estimate of drug-likeness (QED) is 0.616. The van der Waals surface area contributed by atoms with E-state index in [1.165, 1.54) is 0 Å². The zero-order valence-electron chi connectivity index (χ0n) is 7.72. The van der Waals surface area contributed by atoms with Crippen molar-refractivity contribution >= 4 is 17.5 Å². The van der Waals surface area contributed by atoms with Crippen molar-refractivity contribution in [1.29, 1.82) is 0 Å². The zero-order chi connectivity index (χ0) is 8.69. The number of hydrogen-bond donors (Lipinski definition) is 0. The van der Waals surface area contributed by atoms with Gasteiger partial charge in [0.1, 0.15) is 5.78 Å². The van der Waals surface area contributed by atoms with Crippen molar-refractivity contribution in [2.75, 3.05) is 5.75 Å². The molecule has 0 N–H and O–H groups in total. The Morgan fingerprint density at radius 3 is 2.55 bits per heavy atom. The van der Waals surface area contributed by atoms with E-state index in [0.29, 0.717) is 11.0 Å². The highest BCUT2D eigenvalue weighted by Gasteiger charge is 2.06. The molecule has 0 bridgehead atoms. The van der Waals surface area contributed by atoms with Crippen molar-refractivity contribution in [2.45, 2.75) is 45.3 Å². The number of rotatable bonds is 6. The molecule has 11 heavy (non-hydrogen) atoms. The number of hydrogen-bond acceptors (Lipinski definition) is 2. The molecule has 0 saturated heterocycles. The molecular weight excluding hydrogens is 156 g/mol. The van der Waals surface area contributed by atoms with Crippen LogP contribution in [0, 0.1) is 0 Å². The van der Waals surface area contributed by atoms with Crippen molar-refractivity contribution in [2.24, 2.45) is 0 Å². The van der Waals surface area contributed by atoms with E-state index in [0.717, 1.165) is 25.0 Å². The molecule has 0 aliphatic rings. The molecule has 0 aliphatic carbocycles. The average molecular weight is 174 g/mol. The van der Waals surface area contributed by atoms with E-state index in [9.17, 15) is 4.79 Å². The summed E-state index contributed by atoms with van der Waals surface area (Å²) in [6, 6.07) is 0. The Bertz CT molecular complexity index is 112. The van der Waals surface area contributed by atoms with Crippen LogP contribution in [-0.4, -0.2) is 16.8 Å². The van der Waals surface area contributed by atoms with Crippen molar-refractivity contribution in [3.63, 3.8) is 0 Å². The van der Waals surface area contributed by atoms with Crippen LogP contribution in [0.1, 0.15) is 40.0 Å². The van der Waals surface area contributed by atoms with Crippen LogP contribution in [0.15, 0.2) is 0 Å². The van der Waals surface area contributed by atoms with Gasteiger partial charge in [-0.2, -0.15) is 11.8 Å². The minimum absolute atomic E-state index is 0.418. The predicted octanol–water partition coefficient (Wildman–Crippen LogP) is 2.89. The summed E-state index contributed by atoms with van der Waals surface area (Å²) < 4.78 is 0. The Balaban J connectivity index is 3.40. The largest absolute Gasteiger partial charge is 0.300 e. The van der Waals surface area contributed by atoms with Gasteiger partial charge in [0, 0.05) is 18.1 Å². The van der Waals surface area contributed by atoms with E-state index in [-0.39, 0.29) is 0 Å². The van der Waals surface area contributed by atoms with Crippen LogP contribution in [0.25, 0.3) is 0 Å². The molecule has 0 radical (unpaired) electrons. The first kappa shape index (κ1) is 11.0. The standard InChI is InChI=1S/C9H18OS/c1-4-6-9(10)7-8(3)11-5-2/h8H,4-7H2,1-3H3. The summed E-state index contributed by atoms with van der Waals surface area (Å²) in [5.74, 6) is 1.53. The van der Waals surface area contributed by atoms with Gasteiger partial charge in [0.25, 0.3) is 0 Å². The molecule has 2 heteroatoms. The highest BCUT2D eigenvalue weighted by Crippen LogP contribution is 2.14. The third kappa shape index (κ3) is 6.42. The summed E-state index contributed by atoms with van der Waals surface area (Å²) in [6.07, 6.45) is 2.50. The van der Waals surface area contributed by atoms with Crippen molar-refractivity contribution in [3.05, 3.63) is 0 Å². The van der Waals surface area contributed by atoms with Crippen LogP contribution in [-0.2, 0) is 4.79 Å². The summed E-state index contributed by atoms with van der Waals surface area (Å²) in [4.78, 5) is 11.1. The Labute approximate surface area is 73.9 Å². The van der Waals surface area contributed by atoms with Gasteiger partial charge in [0.05, 0.1) is 0 Å².